The average Bonchev–Trinajstić information content (AvgIpc) is 2.77. The summed E-state index contributed by atoms with van der Waals surface area (Å²) in [6.07, 6.45) is 0.446. The van der Waals surface area contributed by atoms with E-state index < -0.39 is 17.5 Å². The number of nitrogens with one attached hydrogen (secondary N) is 1. The molecule has 8 heteroatoms. The maximum atomic E-state index is 12.9. The van der Waals surface area contributed by atoms with Crippen LogP contribution in [0.5, 0.6) is 0 Å². The van der Waals surface area contributed by atoms with Gasteiger partial charge in [0.2, 0.25) is 5.91 Å². The lowest BCUT2D eigenvalue weighted by molar-refractivity contribution is -0.142. The van der Waals surface area contributed by atoms with E-state index in [1.54, 1.807) is 32.0 Å². The number of piperidine rings is 1. The molecule has 1 aliphatic rings. The fraction of sp³-hybridized carbons (Fsp3) is 0.481. The van der Waals surface area contributed by atoms with Crippen LogP contribution in [0, 0.1) is 11.8 Å². The van der Waals surface area contributed by atoms with E-state index in [0.29, 0.717) is 22.9 Å². The summed E-state index contributed by atoms with van der Waals surface area (Å²) in [6, 6.07) is 14.7. The Morgan fingerprint density at radius 1 is 1.17 bits per heavy atom. The lowest BCUT2D eigenvalue weighted by Gasteiger charge is -2.40. The Bertz CT molecular complexity index is 1020. The molecule has 0 radical (unpaired) electrons. The van der Waals surface area contributed by atoms with Crippen molar-refractivity contribution in [2.75, 3.05) is 6.61 Å². The number of benzene rings is 2. The topological polar surface area (TPSA) is 95.9 Å². The largest absolute Gasteiger partial charge is 0.481 e. The van der Waals surface area contributed by atoms with Gasteiger partial charge in [-0.05, 0) is 68.0 Å². The van der Waals surface area contributed by atoms with Gasteiger partial charge in [0.25, 0.3) is 0 Å². The molecule has 0 aliphatic carbocycles. The zero-order valence-electron chi connectivity index (χ0n) is 20.2. The predicted molar refractivity (Wildman–Crippen MR) is 137 cm³/mol. The quantitative estimate of drug-likeness (QED) is 0.377. The van der Waals surface area contributed by atoms with E-state index in [4.69, 9.17) is 27.9 Å². The molecule has 35 heavy (non-hydrogen) atoms. The number of amides is 1. The minimum Gasteiger partial charge on any atom is -0.481 e. The Morgan fingerprint density at radius 2 is 1.86 bits per heavy atom. The monoisotopic (exact) mass is 521 g/mol. The minimum atomic E-state index is -1.000. The average molecular weight is 522 g/mol. The number of ether oxygens (including phenoxy) is 1. The van der Waals surface area contributed by atoms with Crippen molar-refractivity contribution in [1.82, 2.24) is 5.32 Å². The van der Waals surface area contributed by atoms with Crippen LogP contribution in [0.15, 0.2) is 48.5 Å². The number of hydrogen-bond acceptors (Lipinski definition) is 4. The molecule has 1 heterocycles. The Morgan fingerprint density at radius 3 is 2.46 bits per heavy atom. The Balaban J connectivity index is 1.88. The number of hydrogen-bond donors (Lipinski definition) is 3. The van der Waals surface area contributed by atoms with Gasteiger partial charge >= 0.3 is 5.97 Å². The number of rotatable bonds is 10. The maximum Gasteiger partial charge on any atom is 0.304 e. The van der Waals surface area contributed by atoms with Crippen molar-refractivity contribution in [2.45, 2.75) is 63.7 Å². The van der Waals surface area contributed by atoms with Crippen LogP contribution in [0.1, 0.15) is 63.2 Å². The second-order valence-electron chi connectivity index (χ2n) is 10.1. The Hall–Kier alpha value is -2.12. The molecule has 0 spiro atoms. The predicted octanol–water partition coefficient (Wildman–Crippen LogP) is 5.61. The van der Waals surface area contributed by atoms with Crippen molar-refractivity contribution < 1.29 is 24.5 Å². The Kier molecular flexibility index (Phi) is 9.22. The van der Waals surface area contributed by atoms with Gasteiger partial charge in [0.1, 0.15) is 0 Å². The van der Waals surface area contributed by atoms with Gasteiger partial charge in [-0.25, -0.2) is 0 Å². The number of carboxylic acids is 1. The van der Waals surface area contributed by atoms with Crippen molar-refractivity contribution in [2.24, 2.45) is 11.8 Å². The van der Waals surface area contributed by atoms with E-state index in [2.05, 4.69) is 12.2 Å². The highest BCUT2D eigenvalue weighted by atomic mass is 35.5. The van der Waals surface area contributed by atoms with Crippen molar-refractivity contribution in [3.63, 3.8) is 0 Å². The van der Waals surface area contributed by atoms with Gasteiger partial charge in [-0.2, -0.15) is 0 Å². The van der Waals surface area contributed by atoms with E-state index in [9.17, 15) is 19.8 Å². The van der Waals surface area contributed by atoms with E-state index in [1.807, 2.05) is 30.3 Å². The summed E-state index contributed by atoms with van der Waals surface area (Å²) in [5.41, 5.74) is 0.890. The summed E-state index contributed by atoms with van der Waals surface area (Å²) in [4.78, 5) is 24.2. The summed E-state index contributed by atoms with van der Waals surface area (Å²) in [7, 11) is 0. The van der Waals surface area contributed by atoms with Crippen LogP contribution in [-0.4, -0.2) is 40.3 Å². The smallest absolute Gasteiger partial charge is 0.304 e. The van der Waals surface area contributed by atoms with Gasteiger partial charge in [-0.1, -0.05) is 54.4 Å². The highest BCUT2D eigenvalue weighted by Gasteiger charge is 2.40. The Labute approximate surface area is 216 Å². The van der Waals surface area contributed by atoms with Crippen LogP contribution >= 0.6 is 23.2 Å². The lowest BCUT2D eigenvalue weighted by Crippen LogP contribution is -2.52. The number of aliphatic carboxylic acids is 1. The SMILES string of the molecule is CC(C[C@H](OCC(C)(C)O)c1ccc(Cl)cc1)[C@@H]1NC(=O)[C@@H](CC(=O)O)C[C@@H]1c1cccc(Cl)c1. The molecule has 3 rings (SSSR count). The molecule has 1 amide bonds. The molecule has 3 N–H and O–H groups in total. The van der Waals surface area contributed by atoms with Gasteiger partial charge in [0.15, 0.2) is 0 Å². The third-order valence-electron chi connectivity index (χ3n) is 6.43. The standard InChI is InChI=1S/C27H33Cl2NO5/c1-16(11-23(35-15-27(2,3)34)17-7-9-20(28)10-8-17)25-22(18-5-4-6-21(29)12-18)13-19(14-24(31)32)26(33)30-25/h4-10,12,16,19,22-23,25,34H,11,13-15H2,1-3H3,(H,30,33)(H,31,32)/t16?,19-,22-,23+,25+/m1/s1. The van der Waals surface area contributed by atoms with E-state index >= 15 is 0 Å². The molecule has 0 aromatic heterocycles. The lowest BCUT2D eigenvalue weighted by atomic mass is 9.73. The van der Waals surface area contributed by atoms with E-state index in [-0.39, 0.29) is 42.9 Å². The summed E-state index contributed by atoms with van der Waals surface area (Å²) in [5, 5.41) is 23.8. The van der Waals surface area contributed by atoms with Crippen LogP contribution in [0.3, 0.4) is 0 Å². The second kappa shape index (κ2) is 11.7. The van der Waals surface area contributed by atoms with E-state index in [0.717, 1.165) is 11.1 Å². The molecule has 2 aromatic carbocycles. The fourth-order valence-corrected chi connectivity index (χ4v) is 5.04. The van der Waals surface area contributed by atoms with Gasteiger partial charge in [-0.3, -0.25) is 9.59 Å². The van der Waals surface area contributed by atoms with Crippen molar-refractivity contribution in [3.8, 4) is 0 Å². The van der Waals surface area contributed by atoms with Gasteiger partial charge in [-0.15, -0.1) is 0 Å². The highest BCUT2D eigenvalue weighted by Crippen LogP contribution is 2.39. The molecule has 6 nitrogen and oxygen atoms in total. The van der Waals surface area contributed by atoms with Crippen LogP contribution in [0.2, 0.25) is 10.0 Å². The molecular weight excluding hydrogens is 489 g/mol. The maximum absolute atomic E-state index is 12.9. The third-order valence-corrected chi connectivity index (χ3v) is 6.92. The van der Waals surface area contributed by atoms with Crippen LogP contribution < -0.4 is 5.32 Å². The van der Waals surface area contributed by atoms with Gasteiger partial charge in [0, 0.05) is 27.9 Å². The molecular formula is C27H33Cl2NO5. The van der Waals surface area contributed by atoms with Crippen molar-refractivity contribution in [1.29, 1.82) is 0 Å². The van der Waals surface area contributed by atoms with Gasteiger partial charge < -0.3 is 20.3 Å². The third kappa shape index (κ3) is 7.94. The number of carbonyl (C=O) groups excluding carboxylic acids is 1. The normalized spacial score (nSPS) is 22.3. The molecule has 0 bridgehead atoms. The van der Waals surface area contributed by atoms with E-state index in [1.165, 1.54) is 0 Å². The fourth-order valence-electron chi connectivity index (χ4n) is 4.72. The first-order chi connectivity index (χ1) is 16.4. The molecule has 1 saturated heterocycles. The van der Waals surface area contributed by atoms with Crippen LogP contribution in [0.25, 0.3) is 0 Å². The van der Waals surface area contributed by atoms with Gasteiger partial charge in [0.05, 0.1) is 24.7 Å². The summed E-state index contributed by atoms with van der Waals surface area (Å²) < 4.78 is 6.15. The molecule has 1 unspecified atom stereocenters. The summed E-state index contributed by atoms with van der Waals surface area (Å²) >= 11 is 12.3. The van der Waals surface area contributed by atoms with Crippen molar-refractivity contribution in [3.05, 3.63) is 69.7 Å². The molecule has 1 aliphatic heterocycles. The second-order valence-corrected chi connectivity index (χ2v) is 11.0. The molecule has 190 valence electrons. The number of halogens is 2. The zero-order valence-corrected chi connectivity index (χ0v) is 21.7. The first kappa shape index (κ1) is 27.5. The molecule has 1 fully saturated rings. The van der Waals surface area contributed by atoms with Crippen molar-refractivity contribution >= 4 is 35.1 Å². The first-order valence-electron chi connectivity index (χ1n) is 11.8. The summed E-state index contributed by atoms with van der Waals surface area (Å²) in [6.45, 7) is 5.57. The highest BCUT2D eigenvalue weighted by molar-refractivity contribution is 6.30. The summed E-state index contributed by atoms with van der Waals surface area (Å²) in [5.74, 6) is -1.99. The molecule has 2 aromatic rings. The minimum absolute atomic E-state index is 0.0313. The first-order valence-corrected chi connectivity index (χ1v) is 12.6. The number of aliphatic hydroxyl groups is 1. The zero-order chi connectivity index (χ0) is 25.8. The molecule has 0 saturated carbocycles. The van der Waals surface area contributed by atoms with Crippen LogP contribution in [0.4, 0.5) is 0 Å². The molecule has 5 atom stereocenters. The number of carboxylic acid groups (broad SMARTS) is 1. The number of carbonyl (C=O) groups is 2. The van der Waals surface area contributed by atoms with Crippen LogP contribution in [-0.2, 0) is 14.3 Å².